The van der Waals surface area contributed by atoms with Crippen molar-refractivity contribution in [2.75, 3.05) is 5.73 Å². The molecule has 0 aliphatic carbocycles. The molecule has 0 aliphatic rings. The number of halogens is 2. The molecule has 0 aromatic heterocycles. The maximum Gasteiger partial charge on any atom is 0.338 e. The Hall–Kier alpha value is -2.60. The first-order valence-electron chi connectivity index (χ1n) is 7.15. The second-order valence-corrected chi connectivity index (χ2v) is 5.50. The number of hydrogen-bond donors (Lipinski definition) is 2. The van der Waals surface area contributed by atoms with Crippen LogP contribution < -0.4 is 11.1 Å². The fourth-order valence-corrected chi connectivity index (χ4v) is 2.04. The van der Waals surface area contributed by atoms with E-state index in [1.807, 2.05) is 0 Å². The average Bonchev–Trinajstić information content (AvgIpc) is 2.56. The van der Waals surface area contributed by atoms with E-state index in [0.29, 0.717) is 10.6 Å². The molecule has 0 fully saturated rings. The molecule has 0 unspecified atom stereocenters. The maximum absolute atomic E-state index is 13.5. The third-order valence-electron chi connectivity index (χ3n) is 3.30. The monoisotopic (exact) mass is 350 g/mol. The van der Waals surface area contributed by atoms with Crippen LogP contribution in [-0.2, 0) is 16.1 Å². The quantitative estimate of drug-likeness (QED) is 0.641. The standard InChI is InChI=1S/C17H16ClFN2O3/c1-10(16(22)21-9-12-4-2-3-5-14(12)19)24-17(23)11-6-7-13(18)15(20)8-11/h2-8,10H,9,20H2,1H3,(H,21,22)/t10-/m1/s1. The highest BCUT2D eigenvalue weighted by Crippen LogP contribution is 2.20. The average molecular weight is 351 g/mol. The van der Waals surface area contributed by atoms with Crippen molar-refractivity contribution in [2.24, 2.45) is 0 Å². The second-order valence-electron chi connectivity index (χ2n) is 5.09. The lowest BCUT2D eigenvalue weighted by Gasteiger charge is -2.14. The van der Waals surface area contributed by atoms with Gasteiger partial charge in [-0.2, -0.15) is 0 Å². The molecule has 0 saturated carbocycles. The van der Waals surface area contributed by atoms with Gasteiger partial charge in [0.2, 0.25) is 0 Å². The van der Waals surface area contributed by atoms with Gasteiger partial charge in [-0.15, -0.1) is 0 Å². The zero-order valence-electron chi connectivity index (χ0n) is 12.9. The normalized spacial score (nSPS) is 11.6. The number of carbonyl (C=O) groups excluding carboxylic acids is 2. The van der Waals surface area contributed by atoms with Crippen LogP contribution in [-0.4, -0.2) is 18.0 Å². The number of ether oxygens (including phenoxy) is 1. The highest BCUT2D eigenvalue weighted by Gasteiger charge is 2.19. The zero-order chi connectivity index (χ0) is 17.7. The SMILES string of the molecule is C[C@@H](OC(=O)c1ccc(Cl)c(N)c1)C(=O)NCc1ccccc1F. The van der Waals surface area contributed by atoms with Crippen molar-refractivity contribution in [3.8, 4) is 0 Å². The van der Waals surface area contributed by atoms with Gasteiger partial charge < -0.3 is 15.8 Å². The number of nitrogen functional groups attached to an aromatic ring is 1. The van der Waals surface area contributed by atoms with Gasteiger partial charge >= 0.3 is 5.97 Å². The highest BCUT2D eigenvalue weighted by molar-refractivity contribution is 6.33. The number of esters is 1. The van der Waals surface area contributed by atoms with E-state index in [2.05, 4.69) is 5.32 Å². The van der Waals surface area contributed by atoms with Crippen molar-refractivity contribution in [1.29, 1.82) is 0 Å². The summed E-state index contributed by atoms with van der Waals surface area (Å²) in [7, 11) is 0. The molecule has 2 rings (SSSR count). The molecule has 2 aromatic carbocycles. The molecule has 7 heteroatoms. The molecule has 2 aromatic rings. The van der Waals surface area contributed by atoms with Gasteiger partial charge in [-0.25, -0.2) is 9.18 Å². The number of hydrogen-bond acceptors (Lipinski definition) is 4. The molecule has 0 aliphatic heterocycles. The molecule has 5 nitrogen and oxygen atoms in total. The summed E-state index contributed by atoms with van der Waals surface area (Å²) in [6.45, 7) is 1.43. The van der Waals surface area contributed by atoms with Crippen molar-refractivity contribution in [2.45, 2.75) is 19.6 Å². The Bertz CT molecular complexity index is 767. The van der Waals surface area contributed by atoms with Gasteiger partial charge in [-0.05, 0) is 31.2 Å². The van der Waals surface area contributed by atoms with Crippen molar-refractivity contribution in [1.82, 2.24) is 5.32 Å². The van der Waals surface area contributed by atoms with E-state index < -0.39 is 23.8 Å². The van der Waals surface area contributed by atoms with E-state index in [4.69, 9.17) is 22.1 Å². The van der Waals surface area contributed by atoms with Crippen LogP contribution in [0.3, 0.4) is 0 Å². The van der Waals surface area contributed by atoms with E-state index in [9.17, 15) is 14.0 Å². The first-order chi connectivity index (χ1) is 11.4. The summed E-state index contributed by atoms with van der Waals surface area (Å²) in [6, 6.07) is 10.4. The Morgan fingerprint density at radius 1 is 1.29 bits per heavy atom. The Morgan fingerprint density at radius 2 is 2.00 bits per heavy atom. The van der Waals surface area contributed by atoms with Crippen LogP contribution in [0.25, 0.3) is 0 Å². The van der Waals surface area contributed by atoms with Gasteiger partial charge in [0.15, 0.2) is 6.10 Å². The van der Waals surface area contributed by atoms with Gasteiger partial charge in [0.1, 0.15) is 5.82 Å². The number of benzene rings is 2. The molecule has 0 heterocycles. The number of amides is 1. The molecule has 0 radical (unpaired) electrons. The van der Waals surface area contributed by atoms with Crippen molar-refractivity contribution >= 4 is 29.2 Å². The van der Waals surface area contributed by atoms with Crippen molar-refractivity contribution < 1.29 is 18.7 Å². The molecule has 0 bridgehead atoms. The number of nitrogens with two attached hydrogens (primary N) is 1. The minimum absolute atomic E-state index is 0.00128. The third-order valence-corrected chi connectivity index (χ3v) is 3.64. The van der Waals surface area contributed by atoms with Gasteiger partial charge in [0, 0.05) is 12.1 Å². The van der Waals surface area contributed by atoms with Crippen LogP contribution in [0.1, 0.15) is 22.8 Å². The molecule has 0 spiro atoms. The van der Waals surface area contributed by atoms with Gasteiger partial charge in [-0.1, -0.05) is 29.8 Å². The summed E-state index contributed by atoms with van der Waals surface area (Å²) in [6.07, 6.45) is -1.04. The number of anilines is 1. The minimum Gasteiger partial charge on any atom is -0.449 e. The van der Waals surface area contributed by atoms with E-state index in [-0.39, 0.29) is 17.8 Å². The summed E-state index contributed by atoms with van der Waals surface area (Å²) >= 11 is 5.78. The lowest BCUT2D eigenvalue weighted by molar-refractivity contribution is -0.129. The van der Waals surface area contributed by atoms with Crippen LogP contribution >= 0.6 is 11.6 Å². The molecular formula is C17H16ClFN2O3. The highest BCUT2D eigenvalue weighted by atomic mass is 35.5. The Morgan fingerprint density at radius 3 is 2.67 bits per heavy atom. The largest absolute Gasteiger partial charge is 0.449 e. The lowest BCUT2D eigenvalue weighted by Crippen LogP contribution is -2.35. The van der Waals surface area contributed by atoms with Crippen molar-refractivity contribution in [3.05, 3.63) is 64.4 Å². The second kappa shape index (κ2) is 7.79. The molecule has 1 amide bonds. The fourth-order valence-electron chi connectivity index (χ4n) is 1.92. The molecular weight excluding hydrogens is 335 g/mol. The van der Waals surface area contributed by atoms with Crippen LogP contribution in [0.2, 0.25) is 5.02 Å². The topological polar surface area (TPSA) is 81.4 Å². The third kappa shape index (κ3) is 4.45. The molecule has 1 atom stereocenters. The predicted molar refractivity (Wildman–Crippen MR) is 89.0 cm³/mol. The zero-order valence-corrected chi connectivity index (χ0v) is 13.6. The first-order valence-corrected chi connectivity index (χ1v) is 7.53. The fraction of sp³-hybridized carbons (Fsp3) is 0.176. The van der Waals surface area contributed by atoms with Gasteiger partial charge in [0.25, 0.3) is 5.91 Å². The first kappa shape index (κ1) is 17.7. The minimum atomic E-state index is -1.04. The van der Waals surface area contributed by atoms with E-state index in [1.54, 1.807) is 18.2 Å². The molecule has 3 N–H and O–H groups in total. The summed E-state index contributed by atoms with van der Waals surface area (Å²) < 4.78 is 18.6. The Balaban J connectivity index is 1.92. The van der Waals surface area contributed by atoms with Gasteiger partial charge in [0.05, 0.1) is 16.3 Å². The van der Waals surface area contributed by atoms with E-state index in [0.717, 1.165) is 0 Å². The van der Waals surface area contributed by atoms with E-state index in [1.165, 1.54) is 31.2 Å². The Labute approximate surface area is 143 Å². The van der Waals surface area contributed by atoms with Crippen LogP contribution in [0, 0.1) is 5.82 Å². The smallest absolute Gasteiger partial charge is 0.338 e. The van der Waals surface area contributed by atoms with Crippen LogP contribution in [0.5, 0.6) is 0 Å². The molecule has 126 valence electrons. The molecule has 24 heavy (non-hydrogen) atoms. The predicted octanol–water partition coefficient (Wildman–Crippen LogP) is 2.92. The summed E-state index contributed by atoms with van der Waals surface area (Å²) in [5.41, 5.74) is 6.39. The van der Waals surface area contributed by atoms with E-state index >= 15 is 0 Å². The summed E-state index contributed by atoms with van der Waals surface area (Å²) in [5, 5.41) is 2.84. The van der Waals surface area contributed by atoms with Gasteiger partial charge in [-0.3, -0.25) is 4.79 Å². The Kier molecular flexibility index (Phi) is 5.76. The summed E-state index contributed by atoms with van der Waals surface area (Å²) in [5.74, 6) is -1.65. The van der Waals surface area contributed by atoms with Crippen molar-refractivity contribution in [3.63, 3.8) is 0 Å². The number of nitrogens with one attached hydrogen (secondary N) is 1. The summed E-state index contributed by atoms with van der Waals surface area (Å²) in [4.78, 5) is 23.9. The van der Waals surface area contributed by atoms with Crippen LogP contribution in [0.15, 0.2) is 42.5 Å². The lowest BCUT2D eigenvalue weighted by atomic mass is 10.2. The maximum atomic E-state index is 13.5. The number of rotatable bonds is 5. The van der Waals surface area contributed by atoms with Crippen LogP contribution in [0.4, 0.5) is 10.1 Å². The number of carbonyl (C=O) groups is 2. The molecule has 0 saturated heterocycles.